The number of benzene rings is 1. The van der Waals surface area contributed by atoms with Gasteiger partial charge in [-0.15, -0.1) is 0 Å². The van der Waals surface area contributed by atoms with Crippen LogP contribution in [0.3, 0.4) is 0 Å². The van der Waals surface area contributed by atoms with Crippen molar-refractivity contribution >= 4 is 12.1 Å². The van der Waals surface area contributed by atoms with Crippen LogP contribution < -0.4 is 9.47 Å². The van der Waals surface area contributed by atoms with Crippen LogP contribution in [-0.2, 0) is 0 Å². The number of hydrogen-bond donors (Lipinski definition) is 0. The lowest BCUT2D eigenvalue weighted by molar-refractivity contribution is 0.323. The van der Waals surface area contributed by atoms with Crippen LogP contribution in [0.5, 0.6) is 11.5 Å². The zero-order valence-electron chi connectivity index (χ0n) is 17.1. The van der Waals surface area contributed by atoms with E-state index in [1.165, 1.54) is 12.5 Å². The van der Waals surface area contributed by atoms with E-state index in [1.807, 2.05) is 32.0 Å². The fourth-order valence-corrected chi connectivity index (χ4v) is 3.14. The van der Waals surface area contributed by atoms with E-state index in [1.54, 1.807) is 30.5 Å². The Morgan fingerprint density at radius 1 is 1.00 bits per heavy atom. The predicted octanol–water partition coefficient (Wildman–Crippen LogP) is 6.22. The molecule has 4 rings (SSSR count). The zero-order chi connectivity index (χ0) is 21.6. The van der Waals surface area contributed by atoms with Crippen molar-refractivity contribution < 1.29 is 22.7 Å². The smallest absolute Gasteiger partial charge is 0.238 e. The molecule has 0 N–H and O–H groups in total. The molecule has 0 aliphatic rings. The summed E-state index contributed by atoms with van der Waals surface area (Å²) in [6.07, 6.45) is 4.66. The lowest BCUT2D eigenvalue weighted by Gasteiger charge is -2.09. The van der Waals surface area contributed by atoms with E-state index in [0.717, 1.165) is 5.56 Å². The Morgan fingerprint density at radius 2 is 1.74 bits per heavy atom. The van der Waals surface area contributed by atoms with E-state index in [2.05, 4.69) is 11.1 Å². The SMILES string of the molecule is CCOc1ccc(C=Nc2oc(-c3ccco3)c(-c3ccco3)c2C#N)c(OCC)c1. The highest BCUT2D eigenvalue weighted by molar-refractivity contribution is 5.89. The van der Waals surface area contributed by atoms with Crippen LogP contribution in [0.4, 0.5) is 5.88 Å². The first-order valence-electron chi connectivity index (χ1n) is 9.83. The number of ether oxygens (including phenoxy) is 2. The Hall–Kier alpha value is -4.18. The largest absolute Gasteiger partial charge is 0.494 e. The number of furan rings is 3. The van der Waals surface area contributed by atoms with E-state index in [0.29, 0.717) is 47.6 Å². The van der Waals surface area contributed by atoms with Gasteiger partial charge in [-0.25, -0.2) is 4.99 Å². The Labute approximate surface area is 179 Å². The summed E-state index contributed by atoms with van der Waals surface area (Å²) in [4.78, 5) is 4.45. The van der Waals surface area contributed by atoms with Crippen molar-refractivity contribution in [2.75, 3.05) is 13.2 Å². The normalized spacial score (nSPS) is 11.0. The van der Waals surface area contributed by atoms with Crippen molar-refractivity contribution in [1.82, 2.24) is 0 Å². The molecule has 0 unspecified atom stereocenters. The number of rotatable bonds is 8. The molecule has 1 aromatic carbocycles. The molecule has 3 aromatic heterocycles. The number of hydrogen-bond acceptors (Lipinski definition) is 7. The summed E-state index contributed by atoms with van der Waals surface area (Å²) in [5.74, 6) is 2.82. The minimum Gasteiger partial charge on any atom is -0.494 e. The highest BCUT2D eigenvalue weighted by atomic mass is 16.5. The Morgan fingerprint density at radius 3 is 2.39 bits per heavy atom. The first-order chi connectivity index (χ1) is 15.2. The molecular weight excluding hydrogens is 396 g/mol. The number of nitrogens with zero attached hydrogens (tertiary/aromatic N) is 2. The van der Waals surface area contributed by atoms with Gasteiger partial charge in [-0.2, -0.15) is 5.26 Å². The van der Waals surface area contributed by atoms with Gasteiger partial charge in [0.15, 0.2) is 11.5 Å². The fraction of sp³-hybridized carbons (Fsp3) is 0.167. The van der Waals surface area contributed by atoms with Gasteiger partial charge in [0.1, 0.15) is 28.9 Å². The first-order valence-corrected chi connectivity index (χ1v) is 9.83. The predicted molar refractivity (Wildman–Crippen MR) is 115 cm³/mol. The van der Waals surface area contributed by atoms with Crippen LogP contribution in [0.25, 0.3) is 22.8 Å². The molecule has 7 nitrogen and oxygen atoms in total. The molecule has 0 atom stereocenters. The van der Waals surface area contributed by atoms with Gasteiger partial charge in [-0.05, 0) is 50.2 Å². The van der Waals surface area contributed by atoms with Gasteiger partial charge in [0.25, 0.3) is 0 Å². The molecular formula is C24H20N2O5. The van der Waals surface area contributed by atoms with E-state index < -0.39 is 0 Å². The van der Waals surface area contributed by atoms with Crippen molar-refractivity contribution in [2.24, 2.45) is 4.99 Å². The van der Waals surface area contributed by atoms with Crippen molar-refractivity contribution in [3.63, 3.8) is 0 Å². The van der Waals surface area contributed by atoms with Gasteiger partial charge in [0.05, 0.1) is 31.3 Å². The van der Waals surface area contributed by atoms with Gasteiger partial charge in [-0.3, -0.25) is 0 Å². The van der Waals surface area contributed by atoms with Crippen LogP contribution >= 0.6 is 0 Å². The molecule has 4 aromatic rings. The summed E-state index contributed by atoms with van der Waals surface area (Å²) < 4.78 is 28.2. The molecule has 0 fully saturated rings. The summed E-state index contributed by atoms with van der Waals surface area (Å²) in [5.41, 5.74) is 1.47. The molecule has 0 saturated carbocycles. The summed E-state index contributed by atoms with van der Waals surface area (Å²) in [6, 6.07) is 14.7. The molecule has 7 heteroatoms. The third-order valence-corrected chi connectivity index (χ3v) is 4.43. The third-order valence-electron chi connectivity index (χ3n) is 4.43. The van der Waals surface area contributed by atoms with Crippen LogP contribution in [-0.4, -0.2) is 19.4 Å². The second kappa shape index (κ2) is 9.09. The van der Waals surface area contributed by atoms with Gasteiger partial charge in [0, 0.05) is 17.8 Å². The van der Waals surface area contributed by atoms with E-state index in [-0.39, 0.29) is 11.4 Å². The van der Waals surface area contributed by atoms with Gasteiger partial charge in [-0.1, -0.05) is 0 Å². The summed E-state index contributed by atoms with van der Waals surface area (Å²) in [5, 5.41) is 9.84. The third kappa shape index (κ3) is 4.09. The van der Waals surface area contributed by atoms with Crippen LogP contribution in [0.15, 0.2) is 73.2 Å². The second-order valence-electron chi connectivity index (χ2n) is 6.38. The molecule has 156 valence electrons. The quantitative estimate of drug-likeness (QED) is 0.317. The molecule has 0 spiro atoms. The second-order valence-corrected chi connectivity index (χ2v) is 6.38. The number of aliphatic imine (C=N–C) groups is 1. The molecule has 3 heterocycles. The Bertz CT molecular complexity index is 1210. The van der Waals surface area contributed by atoms with E-state index in [4.69, 9.17) is 22.7 Å². The Kier molecular flexibility index (Phi) is 5.90. The molecule has 0 amide bonds. The minimum absolute atomic E-state index is 0.150. The molecule has 0 aliphatic heterocycles. The van der Waals surface area contributed by atoms with Gasteiger partial charge >= 0.3 is 0 Å². The zero-order valence-corrected chi connectivity index (χ0v) is 17.1. The minimum atomic E-state index is 0.150. The molecule has 0 saturated heterocycles. The van der Waals surface area contributed by atoms with Crippen molar-refractivity contribution in [3.8, 4) is 40.4 Å². The van der Waals surface area contributed by atoms with E-state index >= 15 is 0 Å². The summed E-state index contributed by atoms with van der Waals surface area (Å²) in [7, 11) is 0. The number of nitriles is 1. The lowest BCUT2D eigenvalue weighted by Crippen LogP contribution is -1.98. The van der Waals surface area contributed by atoms with Gasteiger partial charge < -0.3 is 22.7 Å². The molecule has 0 radical (unpaired) electrons. The summed E-state index contributed by atoms with van der Waals surface area (Å²) in [6.45, 7) is 4.87. The van der Waals surface area contributed by atoms with E-state index in [9.17, 15) is 5.26 Å². The molecule has 0 bridgehead atoms. The highest BCUT2D eigenvalue weighted by Crippen LogP contribution is 2.42. The standard InChI is InChI=1S/C24H20N2O5/c1-3-27-17-10-9-16(21(13-17)28-4-2)15-26-24-18(14-25)22(19-7-5-11-29-19)23(31-24)20-8-6-12-30-20/h5-13,15H,3-4H2,1-2H3. The first kappa shape index (κ1) is 20.1. The van der Waals surface area contributed by atoms with Crippen molar-refractivity contribution in [2.45, 2.75) is 13.8 Å². The Balaban J connectivity index is 1.78. The fourth-order valence-electron chi connectivity index (χ4n) is 3.14. The topological polar surface area (TPSA) is 94.0 Å². The average Bonchev–Trinajstić information content (AvgIpc) is 3.53. The van der Waals surface area contributed by atoms with Crippen LogP contribution in [0.2, 0.25) is 0 Å². The summed E-state index contributed by atoms with van der Waals surface area (Å²) >= 11 is 0. The maximum atomic E-state index is 9.84. The highest BCUT2D eigenvalue weighted by Gasteiger charge is 2.26. The maximum Gasteiger partial charge on any atom is 0.238 e. The van der Waals surface area contributed by atoms with Gasteiger partial charge in [0.2, 0.25) is 5.88 Å². The van der Waals surface area contributed by atoms with Crippen LogP contribution in [0.1, 0.15) is 25.0 Å². The lowest BCUT2D eigenvalue weighted by atomic mass is 10.1. The molecule has 31 heavy (non-hydrogen) atoms. The average molecular weight is 416 g/mol. The monoisotopic (exact) mass is 416 g/mol. The maximum absolute atomic E-state index is 9.84. The van der Waals surface area contributed by atoms with Crippen LogP contribution in [0, 0.1) is 11.3 Å². The van der Waals surface area contributed by atoms with Crippen molar-refractivity contribution in [1.29, 1.82) is 5.26 Å². The van der Waals surface area contributed by atoms with Crippen molar-refractivity contribution in [3.05, 3.63) is 66.1 Å². The molecule has 0 aliphatic carbocycles.